The van der Waals surface area contributed by atoms with Crippen LogP contribution in [0.2, 0.25) is 0 Å². The zero-order valence-electron chi connectivity index (χ0n) is 21.3. The van der Waals surface area contributed by atoms with Crippen molar-refractivity contribution in [3.8, 4) is 5.75 Å². The van der Waals surface area contributed by atoms with Gasteiger partial charge in [-0.1, -0.05) is 42.5 Å². The molecule has 0 bridgehead atoms. The van der Waals surface area contributed by atoms with Crippen LogP contribution in [-0.2, 0) is 25.5 Å². The molecule has 1 atom stereocenters. The van der Waals surface area contributed by atoms with Crippen molar-refractivity contribution in [2.45, 2.75) is 52.8 Å². The lowest BCUT2D eigenvalue weighted by Crippen LogP contribution is -2.45. The number of aromatic nitrogens is 1. The van der Waals surface area contributed by atoms with Crippen molar-refractivity contribution in [2.24, 2.45) is 0 Å². The third-order valence-corrected chi connectivity index (χ3v) is 5.37. The van der Waals surface area contributed by atoms with Gasteiger partial charge in [0.15, 0.2) is 19.1 Å². The van der Waals surface area contributed by atoms with Gasteiger partial charge in [0, 0.05) is 11.1 Å². The highest BCUT2D eigenvalue weighted by molar-refractivity contribution is 5.92. The molecule has 1 heterocycles. The maximum atomic E-state index is 12.2. The molecule has 0 aliphatic rings. The maximum Gasteiger partial charge on any atom is 0.422 e. The molecule has 36 heavy (non-hydrogen) atoms. The fourth-order valence-corrected chi connectivity index (χ4v) is 3.94. The van der Waals surface area contributed by atoms with Crippen molar-refractivity contribution >= 4 is 29.3 Å². The first-order chi connectivity index (χ1) is 17.1. The summed E-state index contributed by atoms with van der Waals surface area (Å²) in [5, 5.41) is 0.864. The minimum absolute atomic E-state index is 0.247. The lowest BCUT2D eigenvalue weighted by atomic mass is 10.0. The predicted molar refractivity (Wildman–Crippen MR) is 136 cm³/mol. The fraction of sp³-hybridized carbons (Fsp3) is 0.370. The van der Waals surface area contributed by atoms with E-state index in [1.165, 1.54) is 0 Å². The van der Waals surface area contributed by atoms with Gasteiger partial charge in [-0.25, -0.2) is 15.0 Å². The van der Waals surface area contributed by atoms with E-state index in [2.05, 4.69) is 10.9 Å². The molecule has 0 spiro atoms. The van der Waals surface area contributed by atoms with Gasteiger partial charge < -0.3 is 18.8 Å². The van der Waals surface area contributed by atoms with Crippen molar-refractivity contribution in [1.29, 1.82) is 0 Å². The van der Waals surface area contributed by atoms with Crippen molar-refractivity contribution in [3.05, 3.63) is 65.4 Å². The highest BCUT2D eigenvalue weighted by Crippen LogP contribution is 2.35. The largest absolute Gasteiger partial charge is 0.480 e. The number of hydrogen-bond donors (Lipinski definition) is 2. The van der Waals surface area contributed by atoms with Crippen molar-refractivity contribution in [1.82, 2.24) is 15.4 Å². The summed E-state index contributed by atoms with van der Waals surface area (Å²) in [5.74, 6) is -0.0839. The van der Waals surface area contributed by atoms with E-state index in [-0.39, 0.29) is 13.2 Å². The SMILES string of the molecule is CCOC(=O)COc1cccc2c(Cc3ccccc3)c(C)n(C(C=O)NNC(=O)OC(C)(C)C)c12. The van der Waals surface area contributed by atoms with Crippen LogP contribution in [0.4, 0.5) is 4.79 Å². The number of nitrogens with one attached hydrogen (secondary N) is 2. The second kappa shape index (κ2) is 11.7. The van der Waals surface area contributed by atoms with Crippen molar-refractivity contribution < 1.29 is 28.6 Å². The number of esters is 1. The topological polar surface area (TPSA) is 108 Å². The van der Waals surface area contributed by atoms with Gasteiger partial charge in [-0.15, -0.1) is 0 Å². The molecule has 3 rings (SSSR count). The van der Waals surface area contributed by atoms with Crippen LogP contribution in [0.3, 0.4) is 0 Å². The summed E-state index contributed by atoms with van der Waals surface area (Å²) in [6.45, 7) is 8.83. The Labute approximate surface area is 210 Å². The van der Waals surface area contributed by atoms with E-state index in [1.54, 1.807) is 38.3 Å². The van der Waals surface area contributed by atoms with Crippen LogP contribution in [0, 0.1) is 6.92 Å². The summed E-state index contributed by atoms with van der Waals surface area (Å²) >= 11 is 0. The van der Waals surface area contributed by atoms with Gasteiger partial charge in [-0.05, 0) is 58.2 Å². The number of carbonyl (C=O) groups excluding carboxylic acids is 3. The molecule has 9 nitrogen and oxygen atoms in total. The molecule has 1 amide bonds. The molecule has 9 heteroatoms. The van der Waals surface area contributed by atoms with Gasteiger partial charge in [0.1, 0.15) is 11.4 Å². The summed E-state index contributed by atoms with van der Waals surface area (Å²) < 4.78 is 17.8. The predicted octanol–water partition coefficient (Wildman–Crippen LogP) is 4.21. The van der Waals surface area contributed by atoms with E-state index >= 15 is 0 Å². The molecule has 2 N–H and O–H groups in total. The Morgan fingerprint density at radius 1 is 1.08 bits per heavy atom. The normalized spacial score (nSPS) is 12.1. The van der Waals surface area contributed by atoms with Gasteiger partial charge in [-0.2, -0.15) is 0 Å². The molecule has 3 aromatic rings. The minimum atomic E-state index is -0.975. The van der Waals surface area contributed by atoms with E-state index < -0.39 is 23.8 Å². The summed E-state index contributed by atoms with van der Waals surface area (Å²) in [6, 6.07) is 15.5. The standard InChI is InChI=1S/C27H33N3O6/c1-6-34-24(32)17-35-22-14-10-13-20-21(15-19-11-8-7-9-12-19)18(2)30(25(20)22)23(16-31)28-29-26(33)36-27(3,4)5/h7-14,16,23,28H,6,15,17H2,1-5H3,(H,29,33). The van der Waals surface area contributed by atoms with Crippen LogP contribution in [0.1, 0.15) is 50.7 Å². The number of para-hydroxylation sites is 1. The van der Waals surface area contributed by atoms with Crippen LogP contribution in [0.25, 0.3) is 10.9 Å². The number of nitrogens with zero attached hydrogens (tertiary/aromatic N) is 1. The number of fused-ring (bicyclic) bond motifs is 1. The van der Waals surface area contributed by atoms with E-state index in [0.29, 0.717) is 24.0 Å². The molecule has 0 aliphatic heterocycles. The Bertz CT molecular complexity index is 1210. The second-order valence-corrected chi connectivity index (χ2v) is 9.19. The van der Waals surface area contributed by atoms with Crippen LogP contribution < -0.4 is 15.6 Å². The fourth-order valence-electron chi connectivity index (χ4n) is 3.94. The average molecular weight is 496 g/mol. The molecule has 0 saturated carbocycles. The van der Waals surface area contributed by atoms with Gasteiger partial charge >= 0.3 is 12.1 Å². The van der Waals surface area contributed by atoms with Crippen molar-refractivity contribution in [3.63, 3.8) is 0 Å². The lowest BCUT2D eigenvalue weighted by Gasteiger charge is -2.23. The molecular weight excluding hydrogens is 462 g/mol. The highest BCUT2D eigenvalue weighted by atomic mass is 16.6. The average Bonchev–Trinajstić information content (AvgIpc) is 3.10. The van der Waals surface area contributed by atoms with E-state index in [9.17, 15) is 14.4 Å². The van der Waals surface area contributed by atoms with E-state index in [4.69, 9.17) is 14.2 Å². The van der Waals surface area contributed by atoms with Crippen LogP contribution in [-0.4, -0.2) is 41.7 Å². The van der Waals surface area contributed by atoms with Gasteiger partial charge in [0.2, 0.25) is 0 Å². The number of hydrazine groups is 1. The van der Waals surface area contributed by atoms with Gasteiger partial charge in [0.25, 0.3) is 0 Å². The van der Waals surface area contributed by atoms with E-state index in [0.717, 1.165) is 22.2 Å². The lowest BCUT2D eigenvalue weighted by molar-refractivity contribution is -0.145. The second-order valence-electron chi connectivity index (χ2n) is 9.19. The van der Waals surface area contributed by atoms with Crippen LogP contribution in [0.15, 0.2) is 48.5 Å². The maximum absolute atomic E-state index is 12.2. The Hall–Kier alpha value is -3.85. The number of benzene rings is 2. The zero-order chi connectivity index (χ0) is 26.3. The summed E-state index contributed by atoms with van der Waals surface area (Å²) in [7, 11) is 0. The van der Waals surface area contributed by atoms with Crippen LogP contribution >= 0.6 is 0 Å². The number of rotatable bonds is 10. The molecule has 0 saturated heterocycles. The number of aldehydes is 1. The van der Waals surface area contributed by atoms with Gasteiger partial charge in [-0.3, -0.25) is 10.2 Å². The monoisotopic (exact) mass is 495 g/mol. The molecule has 192 valence electrons. The quantitative estimate of drug-likeness (QED) is 0.246. The molecule has 0 fully saturated rings. The van der Waals surface area contributed by atoms with Crippen molar-refractivity contribution in [2.75, 3.05) is 13.2 Å². The van der Waals surface area contributed by atoms with E-state index in [1.807, 2.05) is 49.4 Å². The first kappa shape index (κ1) is 26.7. The number of carbonyl (C=O) groups is 3. The molecule has 1 aromatic heterocycles. The molecule has 1 unspecified atom stereocenters. The van der Waals surface area contributed by atoms with Crippen LogP contribution in [0.5, 0.6) is 5.75 Å². The zero-order valence-corrected chi connectivity index (χ0v) is 21.3. The first-order valence-electron chi connectivity index (χ1n) is 11.8. The van der Waals surface area contributed by atoms with Gasteiger partial charge in [0.05, 0.1) is 12.1 Å². The Kier molecular flexibility index (Phi) is 8.71. The summed E-state index contributed by atoms with van der Waals surface area (Å²) in [5.41, 5.74) is 8.00. The number of hydrogen-bond acceptors (Lipinski definition) is 7. The Balaban J connectivity index is 2.04. The number of ether oxygens (including phenoxy) is 3. The molecule has 0 aliphatic carbocycles. The summed E-state index contributed by atoms with van der Waals surface area (Å²) in [6.07, 6.45) is -0.399. The molecule has 2 aromatic carbocycles. The molecular formula is C27H33N3O6. The molecule has 0 radical (unpaired) electrons. The smallest absolute Gasteiger partial charge is 0.422 e. The summed E-state index contributed by atoms with van der Waals surface area (Å²) in [4.78, 5) is 36.4. The third-order valence-electron chi connectivity index (χ3n) is 5.37. The Morgan fingerprint density at radius 2 is 1.81 bits per heavy atom. The first-order valence-corrected chi connectivity index (χ1v) is 11.8. The Morgan fingerprint density at radius 3 is 2.44 bits per heavy atom. The minimum Gasteiger partial charge on any atom is -0.480 e. The third kappa shape index (κ3) is 6.63. The highest BCUT2D eigenvalue weighted by Gasteiger charge is 2.24. The number of amides is 1.